The molecule has 0 aliphatic carbocycles. The summed E-state index contributed by atoms with van der Waals surface area (Å²) in [4.78, 5) is 11.1. The number of fused-ring (bicyclic) bond motifs is 1. The minimum absolute atomic E-state index is 0.132. The van der Waals surface area contributed by atoms with Gasteiger partial charge in [0.05, 0.1) is 30.0 Å². The number of ether oxygens (including phenoxy) is 1. The third-order valence-corrected chi connectivity index (χ3v) is 5.21. The first kappa shape index (κ1) is 20.6. The molecule has 0 saturated carbocycles. The van der Waals surface area contributed by atoms with Crippen molar-refractivity contribution in [1.82, 2.24) is 9.97 Å². The molecule has 0 saturated heterocycles. The molecule has 0 fully saturated rings. The third kappa shape index (κ3) is 4.58. The largest absolute Gasteiger partial charge is 0.491 e. The zero-order valence-corrected chi connectivity index (χ0v) is 17.6. The van der Waals surface area contributed by atoms with Crippen molar-refractivity contribution in [2.24, 2.45) is 0 Å². The molecule has 0 atom stereocenters. The van der Waals surface area contributed by atoms with Gasteiger partial charge in [-0.3, -0.25) is 0 Å². The van der Waals surface area contributed by atoms with Crippen LogP contribution < -0.4 is 15.0 Å². The van der Waals surface area contributed by atoms with Crippen molar-refractivity contribution in [3.8, 4) is 11.8 Å². The van der Waals surface area contributed by atoms with Crippen molar-refractivity contribution >= 4 is 17.2 Å². The van der Waals surface area contributed by atoms with E-state index in [1.807, 2.05) is 50.2 Å². The van der Waals surface area contributed by atoms with E-state index < -0.39 is 6.67 Å². The van der Waals surface area contributed by atoms with Gasteiger partial charge in [0.25, 0.3) is 0 Å². The maximum Gasteiger partial charge on any atom is 0.137 e. The maximum atomic E-state index is 13.3. The molecular weight excluding hydrogens is 393 g/mol. The molecule has 2 aromatic carbocycles. The van der Waals surface area contributed by atoms with Gasteiger partial charge in [0.2, 0.25) is 0 Å². The number of halogens is 1. The van der Waals surface area contributed by atoms with E-state index in [4.69, 9.17) is 10.00 Å². The Morgan fingerprint density at radius 2 is 2.00 bits per heavy atom. The molecular formula is C24H24FN5O. The Bertz CT molecular complexity index is 1110. The lowest BCUT2D eigenvalue weighted by atomic mass is 10.0. The molecule has 1 aliphatic heterocycles. The summed E-state index contributed by atoms with van der Waals surface area (Å²) in [5.41, 5.74) is 4.64. The normalized spacial score (nSPS) is 12.9. The minimum Gasteiger partial charge on any atom is -0.491 e. The van der Waals surface area contributed by atoms with Crippen LogP contribution in [0.4, 0.5) is 21.6 Å². The highest BCUT2D eigenvalue weighted by Gasteiger charge is 2.22. The molecule has 6 nitrogen and oxygen atoms in total. The van der Waals surface area contributed by atoms with E-state index in [9.17, 15) is 4.39 Å². The molecule has 158 valence electrons. The van der Waals surface area contributed by atoms with Gasteiger partial charge in [-0.15, -0.1) is 0 Å². The first-order chi connectivity index (χ1) is 15.1. The van der Waals surface area contributed by atoms with Crippen molar-refractivity contribution in [2.45, 2.75) is 39.6 Å². The summed E-state index contributed by atoms with van der Waals surface area (Å²) in [5.74, 6) is 1.63. The van der Waals surface area contributed by atoms with Gasteiger partial charge < -0.3 is 15.0 Å². The maximum absolute atomic E-state index is 13.3. The van der Waals surface area contributed by atoms with Crippen LogP contribution in [0.25, 0.3) is 0 Å². The average Bonchev–Trinajstić information content (AvgIpc) is 2.79. The average molecular weight is 417 g/mol. The van der Waals surface area contributed by atoms with Crippen LogP contribution in [0.1, 0.15) is 36.2 Å². The van der Waals surface area contributed by atoms with Crippen LogP contribution in [0.2, 0.25) is 0 Å². The lowest BCUT2D eigenvalue weighted by molar-refractivity contribution is 0.242. The monoisotopic (exact) mass is 417 g/mol. The topological polar surface area (TPSA) is 74.1 Å². The number of benzene rings is 2. The van der Waals surface area contributed by atoms with Gasteiger partial charge >= 0.3 is 0 Å². The Morgan fingerprint density at radius 1 is 1.19 bits per heavy atom. The van der Waals surface area contributed by atoms with Crippen LogP contribution in [-0.4, -0.2) is 22.6 Å². The highest BCUT2D eigenvalue weighted by atomic mass is 19.1. The second kappa shape index (κ2) is 9.00. The van der Waals surface area contributed by atoms with E-state index in [0.29, 0.717) is 17.7 Å². The van der Waals surface area contributed by atoms with E-state index >= 15 is 0 Å². The fourth-order valence-electron chi connectivity index (χ4n) is 3.70. The van der Waals surface area contributed by atoms with Gasteiger partial charge in [-0.2, -0.15) is 5.26 Å². The molecule has 0 bridgehead atoms. The molecule has 1 aromatic heterocycles. The molecule has 0 spiro atoms. The summed E-state index contributed by atoms with van der Waals surface area (Å²) in [5, 5.41) is 12.5. The Kier molecular flexibility index (Phi) is 5.99. The molecule has 1 aliphatic rings. The number of nitrogens with zero attached hydrogens (tertiary/aromatic N) is 4. The molecule has 1 N–H and O–H groups in total. The van der Waals surface area contributed by atoms with Crippen molar-refractivity contribution < 1.29 is 9.13 Å². The Balaban J connectivity index is 1.52. The van der Waals surface area contributed by atoms with Crippen LogP contribution in [0.5, 0.6) is 5.75 Å². The van der Waals surface area contributed by atoms with Crippen molar-refractivity contribution in [3.63, 3.8) is 0 Å². The summed E-state index contributed by atoms with van der Waals surface area (Å²) in [6.45, 7) is 4.70. The molecule has 0 amide bonds. The van der Waals surface area contributed by atoms with Gasteiger partial charge in [-0.25, -0.2) is 14.4 Å². The van der Waals surface area contributed by atoms with Crippen LogP contribution in [-0.2, 0) is 19.6 Å². The van der Waals surface area contributed by atoms with Gasteiger partial charge in [0.15, 0.2) is 0 Å². The molecule has 4 rings (SSSR count). The van der Waals surface area contributed by atoms with Crippen LogP contribution in [0, 0.1) is 11.3 Å². The summed E-state index contributed by atoms with van der Waals surface area (Å²) in [6.07, 6.45) is 2.46. The zero-order valence-electron chi connectivity index (χ0n) is 17.6. The first-order valence-corrected chi connectivity index (χ1v) is 10.3. The van der Waals surface area contributed by atoms with E-state index in [1.54, 1.807) is 18.5 Å². The van der Waals surface area contributed by atoms with E-state index in [2.05, 4.69) is 20.2 Å². The van der Waals surface area contributed by atoms with E-state index in [0.717, 1.165) is 47.2 Å². The second-order valence-corrected chi connectivity index (χ2v) is 7.72. The first-order valence-electron chi connectivity index (χ1n) is 10.3. The molecule has 2 heterocycles. The summed E-state index contributed by atoms with van der Waals surface area (Å²) in [6, 6.07) is 15.1. The Hall–Kier alpha value is -3.66. The zero-order chi connectivity index (χ0) is 21.8. The number of alkyl halides is 1. The summed E-state index contributed by atoms with van der Waals surface area (Å²) >= 11 is 0. The lowest BCUT2D eigenvalue weighted by Gasteiger charge is -2.31. The Morgan fingerprint density at radius 3 is 2.71 bits per heavy atom. The standard InChI is InChI=1S/C24H24FN5O/c1-16(2)31-21-7-4-19(5-8-21)29-24-22-9-10-30(14-23(22)27-15-28-24)20-6-3-17(13-26)18(11-20)12-25/h3-8,11,15-16H,9-10,12,14H2,1-2H3,(H,27,28,29). The second-order valence-electron chi connectivity index (χ2n) is 7.72. The smallest absolute Gasteiger partial charge is 0.137 e. The lowest BCUT2D eigenvalue weighted by Crippen LogP contribution is -2.31. The highest BCUT2D eigenvalue weighted by molar-refractivity contribution is 5.62. The molecule has 3 aromatic rings. The number of nitrogens with one attached hydrogen (secondary N) is 1. The Labute approximate surface area is 181 Å². The van der Waals surface area contributed by atoms with Crippen molar-refractivity contribution in [3.05, 3.63) is 71.2 Å². The van der Waals surface area contributed by atoms with Crippen LogP contribution in [0.15, 0.2) is 48.8 Å². The number of rotatable bonds is 6. The summed E-state index contributed by atoms with van der Waals surface area (Å²) in [7, 11) is 0. The predicted octanol–water partition coefficient (Wildman–Crippen LogP) is 4.91. The van der Waals surface area contributed by atoms with Gasteiger partial charge in [0.1, 0.15) is 24.6 Å². The molecule has 31 heavy (non-hydrogen) atoms. The van der Waals surface area contributed by atoms with Crippen LogP contribution >= 0.6 is 0 Å². The van der Waals surface area contributed by atoms with Gasteiger partial charge in [0, 0.05) is 29.0 Å². The molecule has 7 heteroatoms. The van der Waals surface area contributed by atoms with Crippen molar-refractivity contribution in [2.75, 3.05) is 16.8 Å². The number of nitriles is 1. The highest BCUT2D eigenvalue weighted by Crippen LogP contribution is 2.30. The SMILES string of the molecule is CC(C)Oc1ccc(Nc2ncnc3c2CCN(c2ccc(C#N)c(CF)c2)C3)cc1. The number of hydrogen-bond donors (Lipinski definition) is 1. The van der Waals surface area contributed by atoms with E-state index in [-0.39, 0.29) is 6.10 Å². The quantitative estimate of drug-likeness (QED) is 0.614. The fourth-order valence-corrected chi connectivity index (χ4v) is 3.70. The predicted molar refractivity (Wildman–Crippen MR) is 118 cm³/mol. The number of aromatic nitrogens is 2. The fraction of sp³-hybridized carbons (Fsp3) is 0.292. The summed E-state index contributed by atoms with van der Waals surface area (Å²) < 4.78 is 19.0. The number of anilines is 3. The van der Waals surface area contributed by atoms with E-state index in [1.165, 1.54) is 0 Å². The third-order valence-electron chi connectivity index (χ3n) is 5.21. The van der Waals surface area contributed by atoms with Gasteiger partial charge in [-0.05, 0) is 62.7 Å². The van der Waals surface area contributed by atoms with Gasteiger partial charge in [-0.1, -0.05) is 0 Å². The van der Waals surface area contributed by atoms with Crippen LogP contribution in [0.3, 0.4) is 0 Å². The van der Waals surface area contributed by atoms with Crippen molar-refractivity contribution in [1.29, 1.82) is 5.26 Å². The molecule has 0 unspecified atom stereocenters. The molecule has 0 radical (unpaired) electrons. The number of hydrogen-bond acceptors (Lipinski definition) is 6. The minimum atomic E-state index is -0.654.